The lowest BCUT2D eigenvalue weighted by molar-refractivity contribution is -0.145. The van der Waals surface area contributed by atoms with Gasteiger partial charge in [-0.25, -0.2) is 0 Å². The normalized spacial score (nSPS) is 23.5. The predicted molar refractivity (Wildman–Crippen MR) is 63.6 cm³/mol. The molecular formula is C14H16O3. The first-order valence-corrected chi connectivity index (χ1v) is 5.98. The molecule has 1 saturated carbocycles. The van der Waals surface area contributed by atoms with Crippen molar-refractivity contribution in [2.45, 2.75) is 25.7 Å². The lowest BCUT2D eigenvalue weighted by Crippen LogP contribution is -2.26. The van der Waals surface area contributed by atoms with Crippen molar-refractivity contribution in [2.24, 2.45) is 11.8 Å². The number of ketones is 1. The summed E-state index contributed by atoms with van der Waals surface area (Å²) < 4.78 is 0. The monoisotopic (exact) mass is 232 g/mol. The van der Waals surface area contributed by atoms with Crippen LogP contribution in [0.1, 0.15) is 24.8 Å². The number of carboxylic acids is 1. The molecule has 90 valence electrons. The molecule has 1 aliphatic rings. The molecular weight excluding hydrogens is 216 g/mol. The molecule has 17 heavy (non-hydrogen) atoms. The van der Waals surface area contributed by atoms with E-state index in [-0.39, 0.29) is 11.7 Å². The Kier molecular flexibility index (Phi) is 3.57. The van der Waals surface area contributed by atoms with Gasteiger partial charge in [-0.2, -0.15) is 0 Å². The molecule has 0 spiro atoms. The van der Waals surface area contributed by atoms with E-state index in [1.165, 1.54) is 0 Å². The largest absolute Gasteiger partial charge is 0.481 e. The summed E-state index contributed by atoms with van der Waals surface area (Å²) >= 11 is 0. The molecule has 0 aromatic heterocycles. The van der Waals surface area contributed by atoms with Crippen LogP contribution in [0.3, 0.4) is 0 Å². The van der Waals surface area contributed by atoms with Crippen LogP contribution in [0, 0.1) is 11.8 Å². The van der Waals surface area contributed by atoms with Gasteiger partial charge in [0.1, 0.15) is 5.78 Å². The second-order valence-electron chi connectivity index (χ2n) is 4.61. The van der Waals surface area contributed by atoms with Gasteiger partial charge in [0, 0.05) is 12.3 Å². The van der Waals surface area contributed by atoms with Crippen LogP contribution in [0.15, 0.2) is 30.3 Å². The van der Waals surface area contributed by atoms with E-state index in [1.54, 1.807) is 0 Å². The zero-order valence-electron chi connectivity index (χ0n) is 9.63. The zero-order chi connectivity index (χ0) is 12.3. The molecule has 2 atom stereocenters. The third-order valence-corrected chi connectivity index (χ3v) is 3.47. The van der Waals surface area contributed by atoms with Gasteiger partial charge in [0.05, 0.1) is 5.92 Å². The van der Waals surface area contributed by atoms with E-state index < -0.39 is 11.9 Å². The van der Waals surface area contributed by atoms with E-state index in [2.05, 4.69) is 0 Å². The molecule has 0 aliphatic heterocycles. The minimum atomic E-state index is -0.825. The molecule has 0 unspecified atom stereocenters. The van der Waals surface area contributed by atoms with Crippen LogP contribution >= 0.6 is 0 Å². The molecule has 1 aromatic rings. The number of Topliss-reactive ketones (excluding diaryl/α,β-unsaturated/α-hetero) is 1. The van der Waals surface area contributed by atoms with Gasteiger partial charge < -0.3 is 5.11 Å². The van der Waals surface area contributed by atoms with E-state index in [1.807, 2.05) is 30.3 Å². The minimum absolute atomic E-state index is 0.0705. The first kappa shape index (κ1) is 11.8. The topological polar surface area (TPSA) is 54.4 Å². The minimum Gasteiger partial charge on any atom is -0.481 e. The first-order valence-electron chi connectivity index (χ1n) is 5.98. The molecule has 0 amide bonds. The molecule has 3 heteroatoms. The van der Waals surface area contributed by atoms with E-state index >= 15 is 0 Å². The molecule has 0 heterocycles. The maximum Gasteiger partial charge on any atom is 0.307 e. The second-order valence-corrected chi connectivity index (χ2v) is 4.61. The summed E-state index contributed by atoms with van der Waals surface area (Å²) in [6, 6.07) is 9.51. The van der Waals surface area contributed by atoms with Crippen molar-refractivity contribution in [2.75, 3.05) is 0 Å². The highest BCUT2D eigenvalue weighted by atomic mass is 16.4. The lowest BCUT2D eigenvalue weighted by Gasteiger charge is -2.14. The Labute approximate surface area is 100 Å². The fourth-order valence-electron chi connectivity index (χ4n) is 2.57. The average Bonchev–Trinajstić information content (AvgIpc) is 2.79. The first-order chi connectivity index (χ1) is 8.18. The van der Waals surface area contributed by atoms with Gasteiger partial charge in [-0.05, 0) is 18.4 Å². The standard InChI is InChI=1S/C14H16O3/c15-13(9-10-5-2-1-3-6-10)11-7-4-8-12(11)14(16)17/h1-3,5-6,11-12H,4,7-9H2,(H,16,17)/t11-,12+/m0/s1. The SMILES string of the molecule is O=C(Cc1ccccc1)[C@H]1CCC[C@H]1C(=O)O. The Balaban J connectivity index is 2.03. The van der Waals surface area contributed by atoms with Gasteiger partial charge in [-0.3, -0.25) is 9.59 Å². The summed E-state index contributed by atoms with van der Waals surface area (Å²) in [5.41, 5.74) is 0.966. The number of carbonyl (C=O) groups excluding carboxylic acids is 1. The smallest absolute Gasteiger partial charge is 0.307 e. The van der Waals surface area contributed by atoms with Crippen LogP contribution in [-0.4, -0.2) is 16.9 Å². The summed E-state index contributed by atoms with van der Waals surface area (Å²) in [5, 5.41) is 9.05. The number of benzene rings is 1. The Hall–Kier alpha value is -1.64. The lowest BCUT2D eigenvalue weighted by atomic mass is 9.89. The Bertz CT molecular complexity index is 411. The fraction of sp³-hybridized carbons (Fsp3) is 0.429. The Morgan fingerprint density at radius 3 is 2.41 bits per heavy atom. The number of aliphatic carboxylic acids is 1. The molecule has 1 N–H and O–H groups in total. The van der Waals surface area contributed by atoms with Crippen molar-refractivity contribution in [1.82, 2.24) is 0 Å². The van der Waals surface area contributed by atoms with Gasteiger partial charge in [0.15, 0.2) is 0 Å². The maximum absolute atomic E-state index is 12.1. The molecule has 1 aliphatic carbocycles. The van der Waals surface area contributed by atoms with E-state index in [0.717, 1.165) is 18.4 Å². The number of rotatable bonds is 4. The molecule has 0 bridgehead atoms. The summed E-state index contributed by atoms with van der Waals surface area (Å²) in [6.45, 7) is 0. The van der Waals surface area contributed by atoms with Gasteiger partial charge >= 0.3 is 5.97 Å². The van der Waals surface area contributed by atoms with Crippen molar-refractivity contribution in [3.8, 4) is 0 Å². The quantitative estimate of drug-likeness (QED) is 0.866. The highest BCUT2D eigenvalue weighted by Gasteiger charge is 2.37. The molecule has 0 radical (unpaired) electrons. The number of carbonyl (C=O) groups is 2. The molecule has 3 nitrogen and oxygen atoms in total. The van der Waals surface area contributed by atoms with Crippen LogP contribution in [0.5, 0.6) is 0 Å². The third-order valence-electron chi connectivity index (χ3n) is 3.47. The van der Waals surface area contributed by atoms with Crippen molar-refractivity contribution >= 4 is 11.8 Å². The molecule has 0 saturated heterocycles. The van der Waals surface area contributed by atoms with Gasteiger partial charge in [0.2, 0.25) is 0 Å². The van der Waals surface area contributed by atoms with Gasteiger partial charge in [-0.1, -0.05) is 36.8 Å². The average molecular weight is 232 g/mol. The predicted octanol–water partition coefficient (Wildman–Crippen LogP) is 2.30. The van der Waals surface area contributed by atoms with Crippen molar-refractivity contribution < 1.29 is 14.7 Å². The summed E-state index contributed by atoms with van der Waals surface area (Å²) in [5.74, 6) is -1.51. The van der Waals surface area contributed by atoms with Gasteiger partial charge in [-0.15, -0.1) is 0 Å². The van der Waals surface area contributed by atoms with Crippen molar-refractivity contribution in [1.29, 1.82) is 0 Å². The van der Waals surface area contributed by atoms with Crippen LogP contribution in [0.2, 0.25) is 0 Å². The number of carboxylic acid groups (broad SMARTS) is 1. The Morgan fingerprint density at radius 2 is 1.76 bits per heavy atom. The van der Waals surface area contributed by atoms with E-state index in [9.17, 15) is 9.59 Å². The molecule has 1 aromatic carbocycles. The zero-order valence-corrected chi connectivity index (χ0v) is 9.63. The van der Waals surface area contributed by atoms with Crippen LogP contribution in [0.25, 0.3) is 0 Å². The van der Waals surface area contributed by atoms with Crippen LogP contribution < -0.4 is 0 Å². The maximum atomic E-state index is 12.1. The molecule has 2 rings (SSSR count). The summed E-state index contributed by atoms with van der Waals surface area (Å²) in [4.78, 5) is 23.1. The fourth-order valence-corrected chi connectivity index (χ4v) is 2.57. The Morgan fingerprint density at radius 1 is 1.12 bits per heavy atom. The third kappa shape index (κ3) is 2.73. The number of hydrogen-bond donors (Lipinski definition) is 1. The van der Waals surface area contributed by atoms with Crippen molar-refractivity contribution in [3.05, 3.63) is 35.9 Å². The van der Waals surface area contributed by atoms with E-state index in [4.69, 9.17) is 5.11 Å². The highest BCUT2D eigenvalue weighted by Crippen LogP contribution is 2.33. The second kappa shape index (κ2) is 5.13. The van der Waals surface area contributed by atoms with E-state index in [0.29, 0.717) is 12.8 Å². The summed E-state index contributed by atoms with van der Waals surface area (Å²) in [7, 11) is 0. The van der Waals surface area contributed by atoms with Crippen LogP contribution in [0.4, 0.5) is 0 Å². The van der Waals surface area contributed by atoms with Crippen molar-refractivity contribution in [3.63, 3.8) is 0 Å². The van der Waals surface area contributed by atoms with Crippen LogP contribution in [-0.2, 0) is 16.0 Å². The number of hydrogen-bond acceptors (Lipinski definition) is 2. The summed E-state index contributed by atoms with van der Waals surface area (Å²) in [6.07, 6.45) is 2.57. The molecule has 1 fully saturated rings. The highest BCUT2D eigenvalue weighted by molar-refractivity contribution is 5.88. The van der Waals surface area contributed by atoms with Gasteiger partial charge in [0.25, 0.3) is 0 Å².